The van der Waals surface area contributed by atoms with E-state index in [1.165, 1.54) is 23.6 Å². The first-order valence-corrected chi connectivity index (χ1v) is 13.1. The Balaban J connectivity index is 1.34. The van der Waals surface area contributed by atoms with Crippen molar-refractivity contribution in [1.82, 2.24) is 25.3 Å². The van der Waals surface area contributed by atoms with Gasteiger partial charge in [-0.1, -0.05) is 37.0 Å². The summed E-state index contributed by atoms with van der Waals surface area (Å²) in [5, 5.41) is 4.80. The lowest BCUT2D eigenvalue weighted by Crippen LogP contribution is -2.54. The van der Waals surface area contributed by atoms with E-state index in [0.717, 1.165) is 32.7 Å². The van der Waals surface area contributed by atoms with Gasteiger partial charge in [0.05, 0.1) is 19.2 Å². The van der Waals surface area contributed by atoms with Crippen molar-refractivity contribution >= 4 is 17.8 Å². The van der Waals surface area contributed by atoms with Crippen molar-refractivity contribution in [3.63, 3.8) is 0 Å². The van der Waals surface area contributed by atoms with Crippen molar-refractivity contribution in [2.75, 3.05) is 46.4 Å². The molecule has 0 saturated carbocycles. The smallest absolute Gasteiger partial charge is 0.323 e. The highest BCUT2D eigenvalue weighted by molar-refractivity contribution is 6.10. The van der Waals surface area contributed by atoms with Gasteiger partial charge in [-0.3, -0.25) is 19.8 Å². The number of fused-ring (bicyclic) bond motifs is 1. The van der Waals surface area contributed by atoms with Crippen molar-refractivity contribution in [3.8, 4) is 17.6 Å². The average Bonchev–Trinajstić information content (AvgIpc) is 3.42. The molecule has 2 unspecified atom stereocenters. The predicted octanol–water partition coefficient (Wildman–Crippen LogP) is 2.12. The van der Waals surface area contributed by atoms with Crippen molar-refractivity contribution < 1.29 is 23.5 Å². The van der Waals surface area contributed by atoms with Gasteiger partial charge in [0.1, 0.15) is 0 Å². The summed E-state index contributed by atoms with van der Waals surface area (Å²) >= 11 is 0. The lowest BCUT2D eigenvalue weighted by molar-refractivity contribution is -0.122. The molecule has 9 nitrogen and oxygen atoms in total. The van der Waals surface area contributed by atoms with Gasteiger partial charge in [-0.15, -0.1) is 0 Å². The summed E-state index contributed by atoms with van der Waals surface area (Å²) in [5.74, 6) is 3.88. The molecule has 2 aromatic carbocycles. The third kappa shape index (κ3) is 5.07. The molecule has 204 valence electrons. The van der Waals surface area contributed by atoms with Crippen LogP contribution in [0.3, 0.4) is 0 Å². The first-order valence-electron chi connectivity index (χ1n) is 13.1. The monoisotopic (exact) mass is 533 g/mol. The predicted molar refractivity (Wildman–Crippen MR) is 143 cm³/mol. The van der Waals surface area contributed by atoms with Gasteiger partial charge in [0, 0.05) is 44.3 Å². The second kappa shape index (κ2) is 10.7. The molecule has 0 aliphatic carbocycles. The highest BCUT2D eigenvalue weighted by Crippen LogP contribution is 2.32. The van der Waals surface area contributed by atoms with Crippen LogP contribution in [0.1, 0.15) is 46.9 Å². The number of nitrogens with zero attached hydrogens (tertiary/aromatic N) is 3. The Kier molecular flexibility index (Phi) is 7.30. The molecule has 0 aromatic heterocycles. The van der Waals surface area contributed by atoms with E-state index < -0.39 is 29.2 Å². The number of halogens is 1. The molecule has 4 amide bonds. The molecule has 2 aromatic rings. The number of imide groups is 1. The molecular formula is C29H32FN5O4. The lowest BCUT2D eigenvalue weighted by Gasteiger charge is -2.37. The molecule has 0 spiro atoms. The standard InChI is InChI=1S/C29H32FN5O4/c1-4-33-13-15-34(16-14-33)19(2)21-7-5-20(6-8-21)11-12-29(27(37)31-28(38)32-29)18-35-17-22-9-10-23(39-3)25(30)24(22)26(35)36/h5-10,19H,4,13-18H2,1-3H3,(H2,31,32,37,38). The molecule has 0 radical (unpaired) electrons. The minimum atomic E-state index is -1.67. The summed E-state index contributed by atoms with van der Waals surface area (Å²) in [6.45, 7) is 9.46. The molecule has 3 aliphatic rings. The number of carbonyl (C=O) groups excluding carboxylic acids is 3. The number of methoxy groups -OCH3 is 1. The molecule has 5 rings (SSSR count). The topological polar surface area (TPSA) is 94.2 Å². The molecule has 2 saturated heterocycles. The van der Waals surface area contributed by atoms with Crippen LogP contribution >= 0.6 is 0 Å². The third-order valence-electron chi connectivity index (χ3n) is 7.86. The fourth-order valence-corrected chi connectivity index (χ4v) is 5.40. The average molecular weight is 534 g/mol. The number of carbonyl (C=O) groups is 3. The molecular weight excluding hydrogens is 501 g/mol. The second-order valence-corrected chi connectivity index (χ2v) is 10.1. The summed E-state index contributed by atoms with van der Waals surface area (Å²) in [6, 6.07) is 10.5. The zero-order valence-corrected chi connectivity index (χ0v) is 22.3. The van der Waals surface area contributed by atoms with Gasteiger partial charge in [-0.05, 0) is 42.8 Å². The number of likely N-dealkylation sites (N-methyl/N-ethyl adjacent to an activating group) is 1. The van der Waals surface area contributed by atoms with Crippen molar-refractivity contribution in [1.29, 1.82) is 0 Å². The van der Waals surface area contributed by atoms with Crippen LogP contribution in [-0.4, -0.2) is 84.5 Å². The Labute approximate surface area is 227 Å². The van der Waals surface area contributed by atoms with E-state index in [1.807, 2.05) is 24.3 Å². The fraction of sp³-hybridized carbons (Fsp3) is 0.414. The van der Waals surface area contributed by atoms with E-state index in [-0.39, 0.29) is 30.4 Å². The summed E-state index contributed by atoms with van der Waals surface area (Å²) in [7, 11) is 1.33. The Morgan fingerprint density at radius 2 is 1.79 bits per heavy atom. The van der Waals surface area contributed by atoms with Gasteiger partial charge < -0.3 is 19.9 Å². The fourth-order valence-electron chi connectivity index (χ4n) is 5.40. The number of amides is 4. The number of rotatable bonds is 6. The Morgan fingerprint density at radius 1 is 1.08 bits per heavy atom. The van der Waals surface area contributed by atoms with Crippen molar-refractivity contribution in [2.45, 2.75) is 32.0 Å². The van der Waals surface area contributed by atoms with Gasteiger partial charge in [-0.2, -0.15) is 0 Å². The molecule has 39 heavy (non-hydrogen) atoms. The second-order valence-electron chi connectivity index (χ2n) is 10.1. The quantitative estimate of drug-likeness (QED) is 0.437. The van der Waals surface area contributed by atoms with Crippen LogP contribution in [0.4, 0.5) is 9.18 Å². The number of ether oxygens (including phenoxy) is 1. The van der Waals surface area contributed by atoms with E-state index in [0.29, 0.717) is 11.1 Å². The molecule has 3 aliphatic heterocycles. The van der Waals surface area contributed by atoms with Crippen molar-refractivity contribution in [3.05, 3.63) is 64.5 Å². The maximum atomic E-state index is 14.8. The number of nitrogens with one attached hydrogen (secondary N) is 2. The minimum Gasteiger partial charge on any atom is -0.494 e. The summed E-state index contributed by atoms with van der Waals surface area (Å²) in [6.07, 6.45) is 0. The first kappa shape index (κ1) is 26.7. The third-order valence-corrected chi connectivity index (χ3v) is 7.86. The SMILES string of the molecule is CCN1CCN(C(C)c2ccc(C#CC3(CN4Cc5ccc(OC)c(F)c5C4=O)NC(=O)NC3=O)cc2)CC1. The number of benzene rings is 2. The van der Waals surface area contributed by atoms with Gasteiger partial charge in [0.15, 0.2) is 11.6 Å². The molecule has 0 bridgehead atoms. The Bertz CT molecular complexity index is 1360. The number of hydrogen-bond acceptors (Lipinski definition) is 6. The van der Waals surface area contributed by atoms with E-state index in [9.17, 15) is 18.8 Å². The van der Waals surface area contributed by atoms with Gasteiger partial charge in [-0.25, -0.2) is 9.18 Å². The first-order chi connectivity index (χ1) is 18.7. The number of urea groups is 1. The van der Waals surface area contributed by atoms with Crippen LogP contribution in [0, 0.1) is 17.7 Å². The maximum absolute atomic E-state index is 14.8. The van der Waals surface area contributed by atoms with Gasteiger partial charge in [0.25, 0.3) is 11.8 Å². The molecule has 3 heterocycles. The van der Waals surface area contributed by atoms with E-state index in [2.05, 4.69) is 46.1 Å². The maximum Gasteiger partial charge on any atom is 0.323 e. The van der Waals surface area contributed by atoms with Crippen LogP contribution in [0.15, 0.2) is 36.4 Å². The largest absolute Gasteiger partial charge is 0.494 e. The normalized spacial score (nSPS) is 22.2. The highest BCUT2D eigenvalue weighted by atomic mass is 19.1. The van der Waals surface area contributed by atoms with Crippen LogP contribution in [0.25, 0.3) is 0 Å². The lowest BCUT2D eigenvalue weighted by atomic mass is 9.98. The number of piperazine rings is 1. The van der Waals surface area contributed by atoms with Crippen LogP contribution < -0.4 is 15.4 Å². The zero-order valence-electron chi connectivity index (χ0n) is 22.3. The highest BCUT2D eigenvalue weighted by Gasteiger charge is 2.48. The summed E-state index contributed by atoms with van der Waals surface area (Å²) in [4.78, 5) is 44.3. The minimum absolute atomic E-state index is 0.0358. The van der Waals surface area contributed by atoms with Crippen molar-refractivity contribution in [2.24, 2.45) is 0 Å². The van der Waals surface area contributed by atoms with Crippen LogP contribution in [-0.2, 0) is 11.3 Å². The van der Waals surface area contributed by atoms with E-state index in [1.54, 1.807) is 6.07 Å². The van der Waals surface area contributed by atoms with Gasteiger partial charge >= 0.3 is 6.03 Å². The summed E-state index contributed by atoms with van der Waals surface area (Å²) in [5.41, 5.74) is 0.558. The number of hydrogen-bond donors (Lipinski definition) is 2. The van der Waals surface area contributed by atoms with E-state index >= 15 is 0 Å². The van der Waals surface area contributed by atoms with Crippen LogP contribution in [0.5, 0.6) is 5.75 Å². The summed E-state index contributed by atoms with van der Waals surface area (Å²) < 4.78 is 19.8. The zero-order chi connectivity index (χ0) is 27.7. The Morgan fingerprint density at radius 3 is 2.41 bits per heavy atom. The molecule has 10 heteroatoms. The van der Waals surface area contributed by atoms with Crippen LogP contribution in [0.2, 0.25) is 0 Å². The van der Waals surface area contributed by atoms with Gasteiger partial charge in [0.2, 0.25) is 5.54 Å². The molecule has 2 atom stereocenters. The molecule has 2 N–H and O–H groups in total. The Hall–Kier alpha value is -3.94. The van der Waals surface area contributed by atoms with E-state index in [4.69, 9.17) is 4.74 Å². The molecule has 2 fully saturated rings.